The number of nitrogens with one attached hydrogen (secondary N) is 2. The van der Waals surface area contributed by atoms with Crippen molar-refractivity contribution in [1.82, 2.24) is 4.68 Å². The molecule has 0 bridgehead atoms. The molecule has 1 aromatic heterocycles. The highest BCUT2D eigenvalue weighted by atomic mass is 15.4. The third-order valence-corrected chi connectivity index (χ3v) is 12.6. The van der Waals surface area contributed by atoms with E-state index in [0.717, 1.165) is 27.5 Å². The van der Waals surface area contributed by atoms with E-state index in [1.54, 1.807) is 0 Å². The highest BCUT2D eigenvalue weighted by Crippen LogP contribution is 2.61. The molecule has 2 atom stereocenters. The smallest absolute Gasteiger partial charge is 0.154 e. The van der Waals surface area contributed by atoms with Crippen molar-refractivity contribution in [3.8, 4) is 11.1 Å². The lowest BCUT2D eigenvalue weighted by molar-refractivity contribution is 0.195. The summed E-state index contributed by atoms with van der Waals surface area (Å²) in [5.74, 6) is 0.805. The van der Waals surface area contributed by atoms with Crippen LogP contribution in [0.3, 0.4) is 0 Å². The second kappa shape index (κ2) is 12.8. The Hall–Kier alpha value is -6.46. The average Bonchev–Trinajstić information content (AvgIpc) is 3.66. The van der Waals surface area contributed by atoms with Crippen LogP contribution in [-0.2, 0) is 5.41 Å². The zero-order valence-electron chi connectivity index (χ0n) is 31.3. The summed E-state index contributed by atoms with van der Waals surface area (Å²) in [6.45, 7) is 4.99. The van der Waals surface area contributed by atoms with Crippen LogP contribution in [-0.4, -0.2) is 21.9 Å². The molecule has 55 heavy (non-hydrogen) atoms. The number of amidine groups is 2. The maximum absolute atomic E-state index is 9.00. The molecular formula is C50H43N5. The van der Waals surface area contributed by atoms with E-state index >= 15 is 0 Å². The monoisotopic (exact) mass is 713 g/mol. The first-order valence-corrected chi connectivity index (χ1v) is 19.4. The molecule has 0 spiro atoms. The third-order valence-electron chi connectivity index (χ3n) is 12.6. The Morgan fingerprint density at radius 2 is 1.27 bits per heavy atom. The molecule has 5 heteroatoms. The first-order valence-electron chi connectivity index (χ1n) is 19.4. The molecule has 1 aliphatic heterocycles. The molecule has 2 heterocycles. The van der Waals surface area contributed by atoms with Gasteiger partial charge in [-0.1, -0.05) is 147 Å². The molecule has 0 amide bonds. The Kier molecular flexibility index (Phi) is 7.74. The fourth-order valence-corrected chi connectivity index (χ4v) is 9.61. The minimum Gasteiger partial charge on any atom is -0.334 e. The van der Waals surface area contributed by atoms with Crippen molar-refractivity contribution in [3.05, 3.63) is 180 Å². The lowest BCUT2D eigenvalue weighted by atomic mass is 9.61. The topological polar surface area (TPSA) is 56.4 Å². The maximum Gasteiger partial charge on any atom is 0.154 e. The number of nitrogens with zero attached hydrogens (tertiary/aromatic N) is 3. The molecule has 1 aliphatic carbocycles. The molecule has 2 N–H and O–H groups in total. The molecule has 268 valence electrons. The molecule has 5 nitrogen and oxygen atoms in total. The number of fused-ring (bicyclic) bond motifs is 8. The van der Waals surface area contributed by atoms with E-state index in [0.29, 0.717) is 5.84 Å². The molecule has 1 saturated carbocycles. The summed E-state index contributed by atoms with van der Waals surface area (Å²) in [5, 5.41) is 13.8. The zero-order chi connectivity index (χ0) is 37.1. The minimum absolute atomic E-state index is 0.00441. The molecule has 8 aromatic rings. The van der Waals surface area contributed by atoms with Crippen molar-refractivity contribution < 1.29 is 0 Å². The lowest BCUT2D eigenvalue weighted by Gasteiger charge is -2.50. The van der Waals surface area contributed by atoms with Crippen LogP contribution in [0.1, 0.15) is 56.2 Å². The van der Waals surface area contributed by atoms with Crippen molar-refractivity contribution >= 4 is 55.6 Å². The van der Waals surface area contributed by atoms with Crippen LogP contribution in [0.4, 0.5) is 11.4 Å². The van der Waals surface area contributed by atoms with Gasteiger partial charge in [-0.2, -0.15) is 0 Å². The Morgan fingerprint density at radius 3 is 2.05 bits per heavy atom. The van der Waals surface area contributed by atoms with E-state index in [1.807, 2.05) is 60.7 Å². The molecule has 7 aromatic carbocycles. The van der Waals surface area contributed by atoms with Gasteiger partial charge in [0.1, 0.15) is 0 Å². The van der Waals surface area contributed by atoms with Crippen molar-refractivity contribution in [3.63, 3.8) is 0 Å². The van der Waals surface area contributed by atoms with Gasteiger partial charge in [0.2, 0.25) is 0 Å². The van der Waals surface area contributed by atoms with E-state index in [2.05, 4.69) is 132 Å². The van der Waals surface area contributed by atoms with Crippen LogP contribution in [0, 0.1) is 5.41 Å². The third kappa shape index (κ3) is 5.21. The van der Waals surface area contributed by atoms with E-state index in [9.17, 15) is 0 Å². The molecule has 2 unspecified atom stereocenters. The van der Waals surface area contributed by atoms with Gasteiger partial charge in [0.25, 0.3) is 0 Å². The number of rotatable bonds is 5. The summed E-state index contributed by atoms with van der Waals surface area (Å²) < 4.78 is 2.18. The number of anilines is 2. The number of hydrogen-bond donors (Lipinski definition) is 2. The Bertz CT molecular complexity index is 2790. The standard InChI is InChI=1S/C50H43N5/c1-49-30-14-15-31-50(49,2)54(39-21-10-5-11-22-39)43-28-26-37(32-42(43)49)38-24-27-41-45(33-38)55(44-29-25-34-16-12-13-23-40(34)46(41)44)53-48(36-19-8-4-9-20-36)52-47(51)35-17-6-3-7-18-35/h3-13,16-29,32-33H,14-15,30-31H2,1-2H3,(H2,51,52,53). The average molecular weight is 714 g/mol. The molecule has 1 fully saturated rings. The Balaban J connectivity index is 1.16. The van der Waals surface area contributed by atoms with E-state index in [1.165, 1.54) is 69.9 Å². The largest absolute Gasteiger partial charge is 0.334 e. The van der Waals surface area contributed by atoms with Gasteiger partial charge in [-0.3, -0.25) is 15.5 Å². The highest BCUT2D eigenvalue weighted by molar-refractivity contribution is 6.22. The van der Waals surface area contributed by atoms with E-state index in [-0.39, 0.29) is 16.8 Å². The number of para-hydroxylation sites is 1. The summed E-state index contributed by atoms with van der Waals surface area (Å²) in [5.41, 5.74) is 14.0. The van der Waals surface area contributed by atoms with Crippen molar-refractivity contribution in [2.75, 3.05) is 10.3 Å². The first-order chi connectivity index (χ1) is 26.9. The van der Waals surface area contributed by atoms with E-state index in [4.69, 9.17) is 10.4 Å². The van der Waals surface area contributed by atoms with Gasteiger partial charge in [-0.15, -0.1) is 0 Å². The predicted octanol–water partition coefficient (Wildman–Crippen LogP) is 12.4. The molecule has 10 rings (SSSR count). The van der Waals surface area contributed by atoms with Crippen LogP contribution in [0.5, 0.6) is 0 Å². The number of aromatic nitrogens is 1. The lowest BCUT2D eigenvalue weighted by Crippen LogP contribution is -2.54. The Labute approximate surface area is 322 Å². The molecule has 0 radical (unpaired) electrons. The normalized spacial score (nSPS) is 19.5. The number of benzene rings is 7. The summed E-state index contributed by atoms with van der Waals surface area (Å²) in [4.78, 5) is 7.57. The van der Waals surface area contributed by atoms with Crippen LogP contribution in [0.2, 0.25) is 0 Å². The first kappa shape index (κ1) is 33.1. The van der Waals surface area contributed by atoms with Crippen LogP contribution < -0.4 is 10.3 Å². The zero-order valence-corrected chi connectivity index (χ0v) is 31.3. The van der Waals surface area contributed by atoms with Gasteiger partial charge in [0, 0.05) is 38.7 Å². The summed E-state index contributed by atoms with van der Waals surface area (Å²) in [7, 11) is 0. The molecular weight excluding hydrogens is 671 g/mol. The van der Waals surface area contributed by atoms with Crippen molar-refractivity contribution in [2.45, 2.75) is 50.5 Å². The van der Waals surface area contributed by atoms with Gasteiger partial charge >= 0.3 is 0 Å². The fraction of sp³-hybridized carbons (Fsp3) is 0.160. The van der Waals surface area contributed by atoms with Crippen molar-refractivity contribution in [1.29, 1.82) is 5.41 Å². The SMILES string of the molecule is CC12CCCCC1(C)N(c1ccccc1)c1ccc(-c3ccc4c5c6ccccc6ccc5n(NC(=NC(=N)c5ccccc5)c5ccccc5)c4c3)cc12. The predicted molar refractivity (Wildman–Crippen MR) is 231 cm³/mol. The number of aliphatic imine (C=N–C) groups is 1. The van der Waals surface area contributed by atoms with Crippen LogP contribution in [0.15, 0.2) is 169 Å². The van der Waals surface area contributed by atoms with Gasteiger partial charge in [-0.25, -0.2) is 4.99 Å². The highest BCUT2D eigenvalue weighted by Gasteiger charge is 2.57. The molecule has 0 saturated heterocycles. The van der Waals surface area contributed by atoms with Gasteiger partial charge in [-0.05, 0) is 83.6 Å². The Morgan fingerprint density at radius 1 is 0.618 bits per heavy atom. The molecule has 2 aliphatic rings. The second-order valence-electron chi connectivity index (χ2n) is 15.6. The fourth-order valence-electron chi connectivity index (χ4n) is 9.61. The number of hydrogen-bond acceptors (Lipinski definition) is 2. The van der Waals surface area contributed by atoms with Crippen LogP contribution >= 0.6 is 0 Å². The quantitative estimate of drug-likeness (QED) is 0.138. The van der Waals surface area contributed by atoms with Crippen molar-refractivity contribution in [2.24, 2.45) is 4.99 Å². The van der Waals surface area contributed by atoms with E-state index < -0.39 is 0 Å². The van der Waals surface area contributed by atoms with Gasteiger partial charge < -0.3 is 4.90 Å². The maximum atomic E-state index is 9.00. The summed E-state index contributed by atoms with van der Waals surface area (Å²) in [6, 6.07) is 57.9. The summed E-state index contributed by atoms with van der Waals surface area (Å²) >= 11 is 0. The van der Waals surface area contributed by atoms with Gasteiger partial charge in [0.05, 0.1) is 16.6 Å². The van der Waals surface area contributed by atoms with Crippen LogP contribution in [0.25, 0.3) is 43.7 Å². The minimum atomic E-state index is -0.00441. The summed E-state index contributed by atoms with van der Waals surface area (Å²) in [6.07, 6.45) is 4.84. The second-order valence-corrected chi connectivity index (χ2v) is 15.6. The van der Waals surface area contributed by atoms with Gasteiger partial charge in [0.15, 0.2) is 11.7 Å².